The van der Waals surface area contributed by atoms with E-state index in [4.69, 9.17) is 9.47 Å². The number of aromatic nitrogens is 2. The first kappa shape index (κ1) is 17.1. The summed E-state index contributed by atoms with van der Waals surface area (Å²) in [6.07, 6.45) is 4.12. The van der Waals surface area contributed by atoms with Gasteiger partial charge in [0.05, 0.1) is 43.2 Å². The summed E-state index contributed by atoms with van der Waals surface area (Å²) < 4.78 is 10.7. The lowest BCUT2D eigenvalue weighted by molar-refractivity contribution is 0.0407. The summed E-state index contributed by atoms with van der Waals surface area (Å²) in [6.45, 7) is 5.76. The number of carbonyl (C=O) groups is 1. The summed E-state index contributed by atoms with van der Waals surface area (Å²) in [4.78, 5) is 22.9. The van der Waals surface area contributed by atoms with Gasteiger partial charge in [-0.15, -0.1) is 0 Å². The predicted octanol–water partition coefficient (Wildman–Crippen LogP) is 1.33. The smallest absolute Gasteiger partial charge is 0.341 e. The van der Waals surface area contributed by atoms with Crippen molar-refractivity contribution in [3.8, 4) is 0 Å². The predicted molar refractivity (Wildman–Crippen MR) is 88.0 cm³/mol. The molecule has 1 aromatic heterocycles. The summed E-state index contributed by atoms with van der Waals surface area (Å²) in [7, 11) is 0. The molecule has 24 heavy (non-hydrogen) atoms. The minimum atomic E-state index is -0.397. The van der Waals surface area contributed by atoms with E-state index >= 15 is 0 Å². The minimum absolute atomic E-state index is 0.0732. The lowest BCUT2D eigenvalue weighted by Crippen LogP contribution is -2.52. The Kier molecular flexibility index (Phi) is 5.30. The average molecular weight is 335 g/mol. The summed E-state index contributed by atoms with van der Waals surface area (Å²) in [6, 6.07) is 0.0732. The molecule has 1 aliphatic carbocycles. The molecule has 3 unspecified atom stereocenters. The van der Waals surface area contributed by atoms with Gasteiger partial charge in [-0.05, 0) is 26.7 Å². The zero-order chi connectivity index (χ0) is 17.1. The second kappa shape index (κ2) is 7.44. The SMILES string of the molecule is CCOC(=O)c1cnc(N2CCOCC2C2CCCC2O)nc1C. The van der Waals surface area contributed by atoms with Crippen molar-refractivity contribution in [3.05, 3.63) is 17.5 Å². The van der Waals surface area contributed by atoms with Gasteiger partial charge in [-0.2, -0.15) is 0 Å². The Hall–Kier alpha value is -1.73. The summed E-state index contributed by atoms with van der Waals surface area (Å²) in [5.41, 5.74) is 1.00. The number of nitrogens with zero attached hydrogens (tertiary/aromatic N) is 3. The number of hydrogen-bond donors (Lipinski definition) is 1. The van der Waals surface area contributed by atoms with Crippen LogP contribution in [0.4, 0.5) is 5.95 Å². The molecule has 0 aromatic carbocycles. The molecule has 1 N–H and O–H groups in total. The lowest BCUT2D eigenvalue weighted by Gasteiger charge is -2.40. The van der Waals surface area contributed by atoms with Gasteiger partial charge in [-0.3, -0.25) is 0 Å². The first-order valence-electron chi connectivity index (χ1n) is 8.65. The highest BCUT2D eigenvalue weighted by Crippen LogP contribution is 2.33. The highest BCUT2D eigenvalue weighted by Gasteiger charge is 2.38. The van der Waals surface area contributed by atoms with Crippen molar-refractivity contribution in [1.29, 1.82) is 0 Å². The monoisotopic (exact) mass is 335 g/mol. The minimum Gasteiger partial charge on any atom is -0.462 e. The van der Waals surface area contributed by atoms with Gasteiger partial charge in [0.1, 0.15) is 0 Å². The number of aryl methyl sites for hydroxylation is 1. The van der Waals surface area contributed by atoms with Crippen LogP contribution in [0.3, 0.4) is 0 Å². The van der Waals surface area contributed by atoms with E-state index in [2.05, 4.69) is 14.9 Å². The van der Waals surface area contributed by atoms with Crippen LogP contribution in [0, 0.1) is 12.8 Å². The van der Waals surface area contributed by atoms with Crippen LogP contribution in [0.5, 0.6) is 0 Å². The van der Waals surface area contributed by atoms with E-state index in [9.17, 15) is 9.90 Å². The summed E-state index contributed by atoms with van der Waals surface area (Å²) in [5, 5.41) is 10.3. The Bertz CT molecular complexity index is 595. The van der Waals surface area contributed by atoms with Crippen LogP contribution in [0.15, 0.2) is 6.20 Å². The molecule has 1 saturated carbocycles. The van der Waals surface area contributed by atoms with Gasteiger partial charge >= 0.3 is 5.97 Å². The number of esters is 1. The Morgan fingerprint density at radius 3 is 3.00 bits per heavy atom. The van der Waals surface area contributed by atoms with Crippen molar-refractivity contribution in [2.45, 2.75) is 45.3 Å². The number of aliphatic hydroxyl groups excluding tert-OH is 1. The fourth-order valence-corrected chi connectivity index (χ4v) is 3.65. The van der Waals surface area contributed by atoms with Crippen molar-refractivity contribution in [1.82, 2.24) is 9.97 Å². The molecule has 0 spiro atoms. The number of rotatable bonds is 4. The van der Waals surface area contributed by atoms with Crippen molar-refractivity contribution in [3.63, 3.8) is 0 Å². The Morgan fingerprint density at radius 2 is 2.33 bits per heavy atom. The van der Waals surface area contributed by atoms with E-state index in [-0.39, 0.29) is 18.1 Å². The Morgan fingerprint density at radius 1 is 1.50 bits per heavy atom. The molecule has 0 bridgehead atoms. The second-order valence-electron chi connectivity index (χ2n) is 6.39. The van der Waals surface area contributed by atoms with Gasteiger partial charge in [0.2, 0.25) is 5.95 Å². The number of morpholine rings is 1. The summed E-state index contributed by atoms with van der Waals surface area (Å²) in [5.74, 6) is 0.373. The number of aliphatic hydroxyl groups is 1. The molecule has 1 aromatic rings. The van der Waals surface area contributed by atoms with Gasteiger partial charge in [0.25, 0.3) is 0 Å². The van der Waals surface area contributed by atoms with E-state index in [1.165, 1.54) is 6.20 Å². The van der Waals surface area contributed by atoms with E-state index in [1.54, 1.807) is 13.8 Å². The molecule has 1 aliphatic heterocycles. The third kappa shape index (κ3) is 3.37. The molecule has 2 heterocycles. The third-order valence-electron chi connectivity index (χ3n) is 4.91. The van der Waals surface area contributed by atoms with Crippen LogP contribution in [0.1, 0.15) is 42.2 Å². The zero-order valence-electron chi connectivity index (χ0n) is 14.3. The number of anilines is 1. The molecule has 3 rings (SSSR count). The van der Waals surface area contributed by atoms with E-state index < -0.39 is 5.97 Å². The number of carbonyl (C=O) groups excluding carboxylic acids is 1. The molecule has 132 valence electrons. The Labute approximate surface area is 142 Å². The second-order valence-corrected chi connectivity index (χ2v) is 6.39. The van der Waals surface area contributed by atoms with Crippen LogP contribution < -0.4 is 4.90 Å². The fraction of sp³-hybridized carbons (Fsp3) is 0.706. The molecule has 0 amide bonds. The van der Waals surface area contributed by atoms with E-state index in [1.807, 2.05) is 0 Å². The van der Waals surface area contributed by atoms with Gasteiger partial charge in [0.15, 0.2) is 0 Å². The van der Waals surface area contributed by atoms with Crippen LogP contribution in [0.25, 0.3) is 0 Å². The van der Waals surface area contributed by atoms with Crippen LogP contribution >= 0.6 is 0 Å². The van der Waals surface area contributed by atoms with E-state index in [0.29, 0.717) is 43.6 Å². The molecular formula is C17H25N3O4. The quantitative estimate of drug-likeness (QED) is 0.831. The maximum atomic E-state index is 11.9. The van der Waals surface area contributed by atoms with Crippen molar-refractivity contribution in [2.75, 3.05) is 31.3 Å². The number of ether oxygens (including phenoxy) is 2. The van der Waals surface area contributed by atoms with Crippen LogP contribution in [-0.2, 0) is 9.47 Å². The largest absolute Gasteiger partial charge is 0.462 e. The van der Waals surface area contributed by atoms with Gasteiger partial charge < -0.3 is 19.5 Å². The van der Waals surface area contributed by atoms with Crippen molar-refractivity contribution < 1.29 is 19.4 Å². The molecule has 2 aliphatic rings. The molecule has 1 saturated heterocycles. The van der Waals surface area contributed by atoms with E-state index in [0.717, 1.165) is 19.3 Å². The maximum Gasteiger partial charge on any atom is 0.341 e. The number of hydrogen-bond acceptors (Lipinski definition) is 7. The zero-order valence-corrected chi connectivity index (χ0v) is 14.3. The topological polar surface area (TPSA) is 84.8 Å². The highest BCUT2D eigenvalue weighted by atomic mass is 16.5. The third-order valence-corrected chi connectivity index (χ3v) is 4.91. The maximum absolute atomic E-state index is 11.9. The van der Waals surface area contributed by atoms with Crippen molar-refractivity contribution in [2.24, 2.45) is 5.92 Å². The van der Waals surface area contributed by atoms with Crippen molar-refractivity contribution >= 4 is 11.9 Å². The molecule has 7 heteroatoms. The molecule has 3 atom stereocenters. The Balaban J connectivity index is 1.83. The standard InChI is InChI=1S/C17H25N3O4/c1-3-24-16(22)13-9-18-17(19-11(13)2)20-7-8-23-10-14(20)12-5-4-6-15(12)21/h9,12,14-15,21H,3-8,10H2,1-2H3. The van der Waals surface area contributed by atoms with Gasteiger partial charge in [-0.1, -0.05) is 6.42 Å². The average Bonchev–Trinajstić information content (AvgIpc) is 3.01. The van der Waals surface area contributed by atoms with Crippen LogP contribution in [0.2, 0.25) is 0 Å². The lowest BCUT2D eigenvalue weighted by atomic mass is 9.94. The van der Waals surface area contributed by atoms with Gasteiger partial charge in [-0.25, -0.2) is 14.8 Å². The first-order chi connectivity index (χ1) is 11.6. The molecule has 7 nitrogen and oxygen atoms in total. The fourth-order valence-electron chi connectivity index (χ4n) is 3.65. The first-order valence-corrected chi connectivity index (χ1v) is 8.65. The molecule has 2 fully saturated rings. The normalized spacial score (nSPS) is 27.3. The molecule has 0 radical (unpaired) electrons. The highest BCUT2D eigenvalue weighted by molar-refractivity contribution is 5.90. The summed E-state index contributed by atoms with van der Waals surface area (Å²) >= 11 is 0. The van der Waals surface area contributed by atoms with Crippen LogP contribution in [-0.4, -0.2) is 59.6 Å². The van der Waals surface area contributed by atoms with Gasteiger partial charge in [0, 0.05) is 18.7 Å². The molecular weight excluding hydrogens is 310 g/mol.